The fraction of sp³-hybridized carbons (Fsp3) is 0.185. The Morgan fingerprint density at radius 2 is 1.95 bits per heavy atom. The predicted molar refractivity (Wildman–Crippen MR) is 145 cm³/mol. The van der Waals surface area contributed by atoms with Crippen LogP contribution in [0, 0.1) is 12.8 Å². The number of thiophene rings is 1. The molecule has 192 valence electrons. The summed E-state index contributed by atoms with van der Waals surface area (Å²) in [7, 11) is 0. The highest BCUT2D eigenvalue weighted by molar-refractivity contribution is 7.23. The molecule has 2 aromatic heterocycles. The second-order valence-electron chi connectivity index (χ2n) is 9.15. The minimum atomic E-state index is -1.03. The smallest absolute Gasteiger partial charge is 0.407 e. The number of anilines is 4. The maximum Gasteiger partial charge on any atom is 0.407 e. The van der Waals surface area contributed by atoms with E-state index in [2.05, 4.69) is 15.6 Å². The summed E-state index contributed by atoms with van der Waals surface area (Å²) < 4.78 is 5.94. The first-order chi connectivity index (χ1) is 18.4. The van der Waals surface area contributed by atoms with E-state index < -0.39 is 12.0 Å². The van der Waals surface area contributed by atoms with Crippen LogP contribution in [0.4, 0.5) is 31.7 Å². The van der Waals surface area contributed by atoms with Gasteiger partial charge in [0.2, 0.25) is 5.91 Å². The van der Waals surface area contributed by atoms with E-state index in [1.165, 1.54) is 16.2 Å². The first kappa shape index (κ1) is 23.7. The number of aryl methyl sites for hydroxylation is 1. The number of hydrogen-bond donors (Lipinski definition) is 3. The number of carboxylic acid groups (broad SMARTS) is 1. The Kier molecular flexibility index (Phi) is 5.84. The van der Waals surface area contributed by atoms with E-state index >= 15 is 0 Å². The van der Waals surface area contributed by atoms with Gasteiger partial charge in [-0.05, 0) is 55.3 Å². The lowest BCUT2D eigenvalue weighted by molar-refractivity contribution is -0.119. The van der Waals surface area contributed by atoms with Gasteiger partial charge in [-0.1, -0.05) is 29.5 Å². The van der Waals surface area contributed by atoms with Crippen LogP contribution >= 0.6 is 11.3 Å². The first-order valence-corrected chi connectivity index (χ1v) is 12.9. The van der Waals surface area contributed by atoms with Crippen molar-refractivity contribution < 1.29 is 24.2 Å². The Balaban J connectivity index is 1.30. The largest absolute Gasteiger partial charge is 0.465 e. The zero-order valence-corrected chi connectivity index (χ0v) is 21.1. The van der Waals surface area contributed by atoms with Gasteiger partial charge in [0.25, 0.3) is 0 Å². The van der Waals surface area contributed by atoms with Crippen molar-refractivity contribution in [3.63, 3.8) is 0 Å². The Morgan fingerprint density at radius 3 is 2.68 bits per heavy atom. The van der Waals surface area contributed by atoms with Crippen LogP contribution in [-0.2, 0) is 4.79 Å². The molecular weight excluding hydrogens is 506 g/mol. The Bertz CT molecular complexity index is 1590. The highest BCUT2D eigenvalue weighted by Gasteiger charge is 2.35. The van der Waals surface area contributed by atoms with Gasteiger partial charge in [-0.3, -0.25) is 9.69 Å². The molecule has 1 saturated heterocycles. The molecule has 0 radical (unpaired) electrons. The van der Waals surface area contributed by atoms with Crippen molar-refractivity contribution in [3.05, 3.63) is 66.4 Å². The quantitative estimate of drug-likeness (QED) is 0.290. The summed E-state index contributed by atoms with van der Waals surface area (Å²) in [5.41, 5.74) is 2.69. The molecule has 0 saturated carbocycles. The number of pyridine rings is 1. The molecule has 4 amide bonds. The third-order valence-electron chi connectivity index (χ3n) is 6.70. The number of nitrogens with zero attached hydrogens (tertiary/aromatic N) is 3. The molecular formula is C27H23N5O5S. The number of amides is 4. The van der Waals surface area contributed by atoms with E-state index in [0.29, 0.717) is 45.6 Å². The van der Waals surface area contributed by atoms with Gasteiger partial charge < -0.3 is 25.4 Å². The molecule has 38 heavy (non-hydrogen) atoms. The van der Waals surface area contributed by atoms with E-state index in [-0.39, 0.29) is 18.5 Å². The minimum Gasteiger partial charge on any atom is -0.465 e. The maximum atomic E-state index is 13.4. The lowest BCUT2D eigenvalue weighted by Crippen LogP contribution is -2.34. The number of carbonyl (C=O) groups is 3. The fourth-order valence-corrected chi connectivity index (χ4v) is 5.86. The average Bonchev–Trinajstić information content (AvgIpc) is 3.53. The van der Waals surface area contributed by atoms with Crippen molar-refractivity contribution in [3.8, 4) is 11.5 Å². The molecule has 2 aromatic carbocycles. The monoisotopic (exact) mass is 529 g/mol. The van der Waals surface area contributed by atoms with Crippen LogP contribution in [0.25, 0.3) is 10.2 Å². The van der Waals surface area contributed by atoms with E-state index in [1.807, 2.05) is 55.5 Å². The van der Waals surface area contributed by atoms with Crippen LogP contribution in [0.1, 0.15) is 12.0 Å². The second kappa shape index (κ2) is 9.34. The van der Waals surface area contributed by atoms with Crippen molar-refractivity contribution in [2.24, 2.45) is 5.92 Å². The summed E-state index contributed by atoms with van der Waals surface area (Å²) in [4.78, 5) is 45.5. The summed E-state index contributed by atoms with van der Waals surface area (Å²) in [6, 6.07) is 16.4. The Labute approximate surface area is 221 Å². The van der Waals surface area contributed by atoms with Gasteiger partial charge in [0, 0.05) is 19.3 Å². The summed E-state index contributed by atoms with van der Waals surface area (Å²) in [6.45, 7) is 2.38. The molecule has 2 aliphatic heterocycles. The molecule has 1 atom stereocenters. The second-order valence-corrected chi connectivity index (χ2v) is 10.1. The van der Waals surface area contributed by atoms with Gasteiger partial charge in [-0.15, -0.1) is 0 Å². The lowest BCUT2D eigenvalue weighted by atomic mass is 10.1. The molecule has 0 aliphatic carbocycles. The molecule has 3 N–H and O–H groups in total. The minimum absolute atomic E-state index is 0.147. The van der Waals surface area contributed by atoms with E-state index in [1.54, 1.807) is 17.2 Å². The van der Waals surface area contributed by atoms with Gasteiger partial charge >= 0.3 is 12.1 Å². The summed E-state index contributed by atoms with van der Waals surface area (Å²) >= 11 is 1.27. The summed E-state index contributed by atoms with van der Waals surface area (Å²) in [5.74, 6) is 0.645. The topological polar surface area (TPSA) is 124 Å². The number of carbonyl (C=O) groups excluding carboxylic acids is 2. The van der Waals surface area contributed by atoms with Crippen LogP contribution in [0.3, 0.4) is 0 Å². The van der Waals surface area contributed by atoms with Crippen molar-refractivity contribution in [1.82, 2.24) is 9.88 Å². The number of aromatic nitrogens is 1. The third kappa shape index (κ3) is 4.16. The fourth-order valence-electron chi connectivity index (χ4n) is 4.84. The number of nitrogens with one attached hydrogen (secondary N) is 2. The van der Waals surface area contributed by atoms with Gasteiger partial charge in [0.1, 0.15) is 21.3 Å². The van der Waals surface area contributed by atoms with Crippen LogP contribution in [0.2, 0.25) is 0 Å². The Morgan fingerprint density at radius 1 is 1.13 bits per heavy atom. The number of ether oxygens (including phenoxy) is 1. The van der Waals surface area contributed by atoms with Gasteiger partial charge in [0.05, 0.1) is 28.4 Å². The molecule has 0 spiro atoms. The molecule has 2 aliphatic rings. The molecule has 1 unspecified atom stereocenters. The molecule has 4 heterocycles. The number of benzene rings is 2. The molecule has 0 bridgehead atoms. The molecule has 6 rings (SSSR count). The van der Waals surface area contributed by atoms with Crippen LogP contribution in [0.15, 0.2) is 60.8 Å². The lowest BCUT2D eigenvalue weighted by Gasteiger charge is -2.29. The number of hydrogen-bond acceptors (Lipinski definition) is 6. The van der Waals surface area contributed by atoms with Crippen LogP contribution in [0.5, 0.6) is 11.5 Å². The molecule has 1 fully saturated rings. The van der Waals surface area contributed by atoms with Crippen molar-refractivity contribution >= 4 is 61.6 Å². The standard InChI is InChI=1S/C27H23N5O5S/c1-15-13-18(37-17-5-3-2-4-6-17)7-8-19(15)32-20-9-11-28-24-21(20)22(29-26(32)34)25(38-24)30-23(33)16-10-12-31(14-16)27(35)36/h2-9,11,13,16H,10,12,14H2,1H3,(H,29,34)(H,30,33)(H,35,36). The van der Waals surface area contributed by atoms with Gasteiger partial charge in [0.15, 0.2) is 0 Å². The van der Waals surface area contributed by atoms with Crippen molar-refractivity contribution in [2.75, 3.05) is 28.6 Å². The number of likely N-dealkylation sites (tertiary alicyclic amines) is 1. The van der Waals surface area contributed by atoms with Crippen LogP contribution in [-0.4, -0.2) is 46.1 Å². The number of para-hydroxylation sites is 1. The normalized spacial score (nSPS) is 16.4. The summed E-state index contributed by atoms with van der Waals surface area (Å²) in [6.07, 6.45) is 1.05. The van der Waals surface area contributed by atoms with Crippen LogP contribution < -0.4 is 20.3 Å². The van der Waals surface area contributed by atoms with Gasteiger partial charge in [-0.2, -0.15) is 0 Å². The highest BCUT2D eigenvalue weighted by atomic mass is 32.1. The first-order valence-electron chi connectivity index (χ1n) is 12.0. The zero-order chi connectivity index (χ0) is 26.4. The Hall–Kier alpha value is -4.64. The predicted octanol–water partition coefficient (Wildman–Crippen LogP) is 6.02. The van der Waals surface area contributed by atoms with E-state index in [4.69, 9.17) is 4.74 Å². The molecule has 4 aromatic rings. The maximum absolute atomic E-state index is 13.4. The summed E-state index contributed by atoms with van der Waals surface area (Å²) in [5, 5.41) is 16.2. The number of urea groups is 1. The van der Waals surface area contributed by atoms with E-state index in [9.17, 15) is 19.5 Å². The molecule has 10 nitrogen and oxygen atoms in total. The third-order valence-corrected chi connectivity index (χ3v) is 7.71. The number of rotatable bonds is 5. The van der Waals surface area contributed by atoms with Crippen molar-refractivity contribution in [2.45, 2.75) is 13.3 Å². The van der Waals surface area contributed by atoms with Gasteiger partial charge in [-0.25, -0.2) is 14.6 Å². The highest BCUT2D eigenvalue weighted by Crippen LogP contribution is 2.49. The average molecular weight is 530 g/mol. The van der Waals surface area contributed by atoms with E-state index in [0.717, 1.165) is 16.7 Å². The van der Waals surface area contributed by atoms with Crippen molar-refractivity contribution in [1.29, 1.82) is 0 Å². The SMILES string of the molecule is Cc1cc(Oc2ccccc2)ccc1N1C(=O)Nc2c(NC(=O)C3CCN(C(=O)O)C3)sc3nccc1c23. The zero-order valence-electron chi connectivity index (χ0n) is 20.3. The molecule has 11 heteroatoms.